The Balaban J connectivity index is 2.24. The van der Waals surface area contributed by atoms with Crippen LogP contribution in [-0.4, -0.2) is 15.5 Å². The summed E-state index contributed by atoms with van der Waals surface area (Å²) >= 11 is 0. The van der Waals surface area contributed by atoms with Crippen LogP contribution in [0.5, 0.6) is 5.75 Å². The van der Waals surface area contributed by atoms with Crippen LogP contribution in [-0.2, 0) is 10.0 Å². The van der Waals surface area contributed by atoms with Gasteiger partial charge in [0.25, 0.3) is 0 Å². The highest BCUT2D eigenvalue weighted by Gasteiger charge is 2.19. The Labute approximate surface area is 125 Å². The quantitative estimate of drug-likeness (QED) is 0.923. The molecule has 0 heterocycles. The normalized spacial score (nSPS) is 12.9. The van der Waals surface area contributed by atoms with Gasteiger partial charge in [-0.1, -0.05) is 30.3 Å². The minimum Gasteiger partial charge on any atom is -0.496 e. The lowest BCUT2D eigenvalue weighted by molar-refractivity contribution is 0.411. The number of benzene rings is 2. The molecule has 4 nitrogen and oxygen atoms in total. The molecule has 0 spiro atoms. The molecule has 1 N–H and O–H groups in total. The van der Waals surface area contributed by atoms with Gasteiger partial charge in [0.15, 0.2) is 0 Å². The number of hydrogen-bond donors (Lipinski definition) is 1. The van der Waals surface area contributed by atoms with Crippen molar-refractivity contribution in [2.75, 3.05) is 7.11 Å². The lowest BCUT2D eigenvalue weighted by Crippen LogP contribution is -2.26. The molecule has 0 unspecified atom stereocenters. The number of sulfonamides is 1. The largest absolute Gasteiger partial charge is 0.496 e. The van der Waals surface area contributed by atoms with Crippen molar-refractivity contribution >= 4 is 10.0 Å². The first-order chi connectivity index (χ1) is 9.94. The van der Waals surface area contributed by atoms with E-state index in [-0.39, 0.29) is 10.9 Å². The third-order valence-electron chi connectivity index (χ3n) is 3.31. The Kier molecular flexibility index (Phi) is 4.65. The molecular weight excluding hydrogens is 286 g/mol. The minimum atomic E-state index is -3.56. The van der Waals surface area contributed by atoms with Crippen LogP contribution >= 0.6 is 0 Å². The molecule has 0 saturated heterocycles. The lowest BCUT2D eigenvalue weighted by atomic mass is 10.1. The Morgan fingerprint density at radius 2 is 1.76 bits per heavy atom. The monoisotopic (exact) mass is 305 g/mol. The van der Waals surface area contributed by atoms with Crippen molar-refractivity contribution in [3.8, 4) is 5.75 Å². The van der Waals surface area contributed by atoms with E-state index in [1.54, 1.807) is 25.3 Å². The van der Waals surface area contributed by atoms with Crippen LogP contribution in [0.2, 0.25) is 0 Å². The van der Waals surface area contributed by atoms with Gasteiger partial charge in [-0.2, -0.15) is 0 Å². The molecule has 0 aliphatic heterocycles. The molecule has 2 rings (SSSR count). The molecule has 0 fully saturated rings. The standard InChI is InChI=1S/C16H19NO3S/c1-12-11-15(9-10-16(12)20-3)21(18,19)17-13(2)14-7-5-4-6-8-14/h4-11,13,17H,1-3H3/t13-/m1/s1. The summed E-state index contributed by atoms with van der Waals surface area (Å²) in [6.45, 7) is 3.64. The lowest BCUT2D eigenvalue weighted by Gasteiger charge is -2.15. The molecular formula is C16H19NO3S. The first-order valence-corrected chi connectivity index (χ1v) is 8.14. The fourth-order valence-corrected chi connectivity index (χ4v) is 3.45. The van der Waals surface area contributed by atoms with E-state index in [1.807, 2.05) is 44.2 Å². The zero-order valence-electron chi connectivity index (χ0n) is 12.3. The van der Waals surface area contributed by atoms with E-state index in [0.717, 1.165) is 11.1 Å². The molecule has 21 heavy (non-hydrogen) atoms. The van der Waals surface area contributed by atoms with E-state index in [2.05, 4.69) is 4.72 Å². The van der Waals surface area contributed by atoms with Crippen molar-refractivity contribution in [1.82, 2.24) is 4.72 Å². The van der Waals surface area contributed by atoms with Gasteiger partial charge < -0.3 is 4.74 Å². The fraction of sp³-hybridized carbons (Fsp3) is 0.250. The van der Waals surface area contributed by atoms with E-state index in [0.29, 0.717) is 5.75 Å². The predicted molar refractivity (Wildman–Crippen MR) is 82.9 cm³/mol. The second kappa shape index (κ2) is 6.28. The molecule has 0 saturated carbocycles. The number of ether oxygens (including phenoxy) is 1. The summed E-state index contributed by atoms with van der Waals surface area (Å²) in [6.07, 6.45) is 0. The Bertz CT molecular complexity index is 712. The highest BCUT2D eigenvalue weighted by Crippen LogP contribution is 2.22. The van der Waals surface area contributed by atoms with Crippen LogP contribution in [0, 0.1) is 6.92 Å². The third-order valence-corrected chi connectivity index (χ3v) is 4.85. The van der Waals surface area contributed by atoms with Gasteiger partial charge in [-0.25, -0.2) is 13.1 Å². The first kappa shape index (κ1) is 15.5. The number of methoxy groups -OCH3 is 1. The van der Waals surface area contributed by atoms with Gasteiger partial charge in [0.05, 0.1) is 12.0 Å². The SMILES string of the molecule is COc1ccc(S(=O)(=O)N[C@H](C)c2ccccc2)cc1C. The van der Waals surface area contributed by atoms with Gasteiger partial charge in [-0.05, 0) is 43.2 Å². The average Bonchev–Trinajstić information content (AvgIpc) is 2.47. The summed E-state index contributed by atoms with van der Waals surface area (Å²) in [6, 6.07) is 14.0. The van der Waals surface area contributed by atoms with Crippen LogP contribution < -0.4 is 9.46 Å². The average molecular weight is 305 g/mol. The molecule has 1 atom stereocenters. The molecule has 5 heteroatoms. The van der Waals surface area contributed by atoms with E-state index >= 15 is 0 Å². The molecule has 0 aliphatic carbocycles. The maximum atomic E-state index is 12.4. The minimum absolute atomic E-state index is 0.239. The fourth-order valence-electron chi connectivity index (χ4n) is 2.13. The molecule has 0 bridgehead atoms. The molecule has 0 aromatic heterocycles. The molecule has 2 aromatic rings. The molecule has 0 aliphatic rings. The number of aryl methyl sites for hydroxylation is 1. The highest BCUT2D eigenvalue weighted by atomic mass is 32.2. The Morgan fingerprint density at radius 3 is 2.33 bits per heavy atom. The van der Waals surface area contributed by atoms with Crippen molar-refractivity contribution in [2.24, 2.45) is 0 Å². The van der Waals surface area contributed by atoms with E-state index in [9.17, 15) is 8.42 Å². The van der Waals surface area contributed by atoms with E-state index in [4.69, 9.17) is 4.74 Å². The number of hydrogen-bond acceptors (Lipinski definition) is 3. The summed E-state index contributed by atoms with van der Waals surface area (Å²) in [5.74, 6) is 0.671. The molecule has 2 aromatic carbocycles. The van der Waals surface area contributed by atoms with E-state index < -0.39 is 10.0 Å². The summed E-state index contributed by atoms with van der Waals surface area (Å²) < 4.78 is 32.7. The van der Waals surface area contributed by atoms with Crippen molar-refractivity contribution in [3.05, 3.63) is 59.7 Å². The van der Waals surface area contributed by atoms with Gasteiger partial charge in [0.1, 0.15) is 5.75 Å². The third kappa shape index (κ3) is 3.62. The maximum Gasteiger partial charge on any atom is 0.241 e. The van der Waals surface area contributed by atoms with Crippen LogP contribution in [0.4, 0.5) is 0 Å². The van der Waals surface area contributed by atoms with Crippen LogP contribution in [0.15, 0.2) is 53.4 Å². The van der Waals surface area contributed by atoms with Gasteiger partial charge in [-0.15, -0.1) is 0 Å². The van der Waals surface area contributed by atoms with Crippen molar-refractivity contribution < 1.29 is 13.2 Å². The molecule has 0 amide bonds. The van der Waals surface area contributed by atoms with Crippen LogP contribution in [0.3, 0.4) is 0 Å². The second-order valence-electron chi connectivity index (χ2n) is 4.89. The summed E-state index contributed by atoms with van der Waals surface area (Å²) in [7, 11) is -2.00. The topological polar surface area (TPSA) is 55.4 Å². The van der Waals surface area contributed by atoms with Gasteiger partial charge in [-0.3, -0.25) is 0 Å². The zero-order valence-corrected chi connectivity index (χ0v) is 13.1. The zero-order chi connectivity index (χ0) is 15.5. The maximum absolute atomic E-state index is 12.4. The van der Waals surface area contributed by atoms with Crippen molar-refractivity contribution in [2.45, 2.75) is 24.8 Å². The second-order valence-corrected chi connectivity index (χ2v) is 6.60. The Hall–Kier alpha value is -1.85. The molecule has 0 radical (unpaired) electrons. The van der Waals surface area contributed by atoms with Gasteiger partial charge in [0.2, 0.25) is 10.0 Å². The Morgan fingerprint density at radius 1 is 1.10 bits per heavy atom. The summed E-state index contributed by atoms with van der Waals surface area (Å²) in [5.41, 5.74) is 1.71. The van der Waals surface area contributed by atoms with Crippen molar-refractivity contribution in [1.29, 1.82) is 0 Å². The molecule has 112 valence electrons. The van der Waals surface area contributed by atoms with Crippen molar-refractivity contribution in [3.63, 3.8) is 0 Å². The van der Waals surface area contributed by atoms with Gasteiger partial charge in [0, 0.05) is 6.04 Å². The first-order valence-electron chi connectivity index (χ1n) is 6.66. The summed E-state index contributed by atoms with van der Waals surface area (Å²) in [4.78, 5) is 0.239. The summed E-state index contributed by atoms with van der Waals surface area (Å²) in [5, 5.41) is 0. The van der Waals surface area contributed by atoms with Crippen LogP contribution in [0.25, 0.3) is 0 Å². The van der Waals surface area contributed by atoms with Crippen LogP contribution in [0.1, 0.15) is 24.1 Å². The number of nitrogens with one attached hydrogen (secondary N) is 1. The number of rotatable bonds is 5. The predicted octanol–water partition coefficient (Wildman–Crippen LogP) is 3.04. The van der Waals surface area contributed by atoms with E-state index in [1.165, 1.54) is 0 Å². The van der Waals surface area contributed by atoms with Gasteiger partial charge >= 0.3 is 0 Å². The highest BCUT2D eigenvalue weighted by molar-refractivity contribution is 7.89. The smallest absolute Gasteiger partial charge is 0.241 e.